The van der Waals surface area contributed by atoms with Crippen molar-refractivity contribution in [2.75, 3.05) is 52.5 Å². The van der Waals surface area contributed by atoms with Crippen LogP contribution in [0.2, 0.25) is 0 Å². The van der Waals surface area contributed by atoms with Gasteiger partial charge in [0.25, 0.3) is 0 Å². The number of carbonyl (C=O) groups excluding carboxylic acids is 1. The van der Waals surface area contributed by atoms with Crippen LogP contribution in [0.4, 0.5) is 0 Å². The Hall–Kier alpha value is -1.44. The van der Waals surface area contributed by atoms with Gasteiger partial charge in [-0.2, -0.15) is 5.10 Å². The second-order valence-electron chi connectivity index (χ2n) is 5.94. The molecule has 2 aliphatic rings. The summed E-state index contributed by atoms with van der Waals surface area (Å²) in [7, 11) is 0. The van der Waals surface area contributed by atoms with Gasteiger partial charge in [-0.05, 0) is 32.0 Å². The van der Waals surface area contributed by atoms with Gasteiger partial charge in [0.2, 0.25) is 5.91 Å². The Labute approximate surface area is 131 Å². The zero-order chi connectivity index (χ0) is 15.3. The van der Waals surface area contributed by atoms with Crippen LogP contribution in [-0.4, -0.2) is 73.1 Å². The molecule has 1 aromatic heterocycles. The van der Waals surface area contributed by atoms with Gasteiger partial charge in [0.05, 0.1) is 13.2 Å². The van der Waals surface area contributed by atoms with Crippen LogP contribution < -0.4 is 10.6 Å². The molecule has 2 aliphatic heterocycles. The Morgan fingerprint density at radius 2 is 2.09 bits per heavy atom. The Kier molecular flexibility index (Phi) is 5.07. The van der Waals surface area contributed by atoms with Crippen LogP contribution in [0.25, 0.3) is 0 Å². The average Bonchev–Trinajstić information content (AvgIpc) is 3.11. The SMILES string of the molecule is O=C(NCCN1CCOCC1)C1(n2cccn2)CCNCC1. The maximum atomic E-state index is 12.8. The average molecular weight is 307 g/mol. The first-order valence-electron chi connectivity index (χ1n) is 8.10. The van der Waals surface area contributed by atoms with Gasteiger partial charge in [-0.15, -0.1) is 0 Å². The Bertz CT molecular complexity index is 464. The summed E-state index contributed by atoms with van der Waals surface area (Å²) in [6, 6.07) is 1.88. The highest BCUT2D eigenvalue weighted by molar-refractivity contribution is 5.84. The van der Waals surface area contributed by atoms with Crippen molar-refractivity contribution in [1.82, 2.24) is 25.3 Å². The second kappa shape index (κ2) is 7.21. The first-order valence-corrected chi connectivity index (χ1v) is 8.10. The normalized spacial score (nSPS) is 22.4. The first-order chi connectivity index (χ1) is 10.8. The lowest BCUT2D eigenvalue weighted by Gasteiger charge is -2.36. The van der Waals surface area contributed by atoms with Crippen LogP contribution in [0, 0.1) is 0 Å². The molecule has 3 rings (SSSR count). The van der Waals surface area contributed by atoms with Gasteiger partial charge in [0, 0.05) is 38.6 Å². The number of piperidine rings is 1. The van der Waals surface area contributed by atoms with Crippen molar-refractivity contribution in [3.05, 3.63) is 18.5 Å². The largest absolute Gasteiger partial charge is 0.379 e. The number of hydrogen-bond donors (Lipinski definition) is 2. The van der Waals surface area contributed by atoms with Crippen molar-refractivity contribution >= 4 is 5.91 Å². The number of nitrogens with zero attached hydrogens (tertiary/aromatic N) is 3. The minimum absolute atomic E-state index is 0.0889. The van der Waals surface area contributed by atoms with Crippen LogP contribution in [0.5, 0.6) is 0 Å². The zero-order valence-corrected chi connectivity index (χ0v) is 13.0. The highest BCUT2D eigenvalue weighted by Gasteiger charge is 2.41. The van der Waals surface area contributed by atoms with Gasteiger partial charge < -0.3 is 15.4 Å². The minimum atomic E-state index is -0.542. The molecule has 0 radical (unpaired) electrons. The molecule has 0 bridgehead atoms. The molecule has 122 valence electrons. The summed E-state index contributed by atoms with van der Waals surface area (Å²) < 4.78 is 7.17. The zero-order valence-electron chi connectivity index (χ0n) is 13.0. The molecule has 1 amide bonds. The molecular formula is C15H25N5O2. The van der Waals surface area contributed by atoms with E-state index in [-0.39, 0.29) is 5.91 Å². The van der Waals surface area contributed by atoms with Gasteiger partial charge in [-0.1, -0.05) is 0 Å². The number of amides is 1. The number of nitrogens with one attached hydrogen (secondary N) is 2. The quantitative estimate of drug-likeness (QED) is 0.761. The van der Waals surface area contributed by atoms with Crippen molar-refractivity contribution in [1.29, 1.82) is 0 Å². The first kappa shape index (κ1) is 15.5. The van der Waals surface area contributed by atoms with Crippen molar-refractivity contribution in [3.8, 4) is 0 Å². The van der Waals surface area contributed by atoms with Crippen molar-refractivity contribution in [2.45, 2.75) is 18.4 Å². The lowest BCUT2D eigenvalue weighted by Crippen LogP contribution is -2.55. The maximum absolute atomic E-state index is 12.8. The van der Waals surface area contributed by atoms with Crippen LogP contribution in [0.3, 0.4) is 0 Å². The molecule has 0 unspecified atom stereocenters. The summed E-state index contributed by atoms with van der Waals surface area (Å²) in [5.41, 5.74) is -0.542. The van der Waals surface area contributed by atoms with Crippen LogP contribution in [0.15, 0.2) is 18.5 Å². The van der Waals surface area contributed by atoms with E-state index in [9.17, 15) is 4.79 Å². The summed E-state index contributed by atoms with van der Waals surface area (Å²) in [6.07, 6.45) is 5.19. The molecule has 3 heterocycles. The third-order valence-corrected chi connectivity index (χ3v) is 4.61. The van der Waals surface area contributed by atoms with Gasteiger partial charge >= 0.3 is 0 Å². The van der Waals surface area contributed by atoms with E-state index in [0.29, 0.717) is 6.54 Å². The standard InChI is InChI=1S/C15H25N5O2/c21-14(17-7-9-19-10-12-22-13-11-19)15(2-5-16-6-3-15)20-8-1-4-18-20/h1,4,8,16H,2-3,5-7,9-13H2,(H,17,21). The maximum Gasteiger partial charge on any atom is 0.248 e. The number of hydrogen-bond acceptors (Lipinski definition) is 5. The van der Waals surface area contributed by atoms with Gasteiger partial charge in [0.1, 0.15) is 5.54 Å². The van der Waals surface area contributed by atoms with Gasteiger partial charge in [-0.25, -0.2) is 0 Å². The summed E-state index contributed by atoms with van der Waals surface area (Å²) in [5.74, 6) is 0.0889. The van der Waals surface area contributed by atoms with Gasteiger partial charge in [0.15, 0.2) is 0 Å². The summed E-state index contributed by atoms with van der Waals surface area (Å²) in [4.78, 5) is 15.1. The van der Waals surface area contributed by atoms with E-state index < -0.39 is 5.54 Å². The lowest BCUT2D eigenvalue weighted by atomic mass is 9.87. The van der Waals surface area contributed by atoms with Crippen LogP contribution in [0.1, 0.15) is 12.8 Å². The molecule has 22 heavy (non-hydrogen) atoms. The number of morpholine rings is 1. The predicted molar refractivity (Wildman–Crippen MR) is 82.6 cm³/mol. The summed E-state index contributed by atoms with van der Waals surface area (Å²) in [5, 5.41) is 10.8. The monoisotopic (exact) mass is 307 g/mol. The van der Waals surface area contributed by atoms with E-state index in [1.165, 1.54) is 0 Å². The molecule has 7 heteroatoms. The molecule has 1 aromatic rings. The number of rotatable bonds is 5. The Balaban J connectivity index is 1.58. The van der Waals surface area contributed by atoms with Crippen LogP contribution in [-0.2, 0) is 15.1 Å². The van der Waals surface area contributed by atoms with Crippen molar-refractivity contribution < 1.29 is 9.53 Å². The molecular weight excluding hydrogens is 282 g/mol. The smallest absolute Gasteiger partial charge is 0.248 e. The third-order valence-electron chi connectivity index (χ3n) is 4.61. The summed E-state index contributed by atoms with van der Waals surface area (Å²) in [6.45, 7) is 6.72. The molecule has 2 saturated heterocycles. The number of aromatic nitrogens is 2. The molecule has 0 aliphatic carbocycles. The van der Waals surface area contributed by atoms with E-state index >= 15 is 0 Å². The highest BCUT2D eigenvalue weighted by atomic mass is 16.5. The second-order valence-corrected chi connectivity index (χ2v) is 5.94. The molecule has 0 spiro atoms. The Morgan fingerprint density at radius 1 is 1.32 bits per heavy atom. The predicted octanol–water partition coefficient (Wildman–Crippen LogP) is -0.590. The van der Waals surface area contributed by atoms with Crippen LogP contribution >= 0.6 is 0 Å². The molecule has 0 aromatic carbocycles. The molecule has 2 fully saturated rings. The topological polar surface area (TPSA) is 71.4 Å². The molecule has 0 saturated carbocycles. The Morgan fingerprint density at radius 3 is 2.77 bits per heavy atom. The number of carbonyl (C=O) groups is 1. The third kappa shape index (κ3) is 3.31. The fraction of sp³-hybridized carbons (Fsp3) is 0.733. The molecule has 0 atom stereocenters. The molecule has 7 nitrogen and oxygen atoms in total. The van der Waals surface area contributed by atoms with E-state index in [2.05, 4.69) is 20.6 Å². The van der Waals surface area contributed by atoms with E-state index in [4.69, 9.17) is 4.74 Å². The summed E-state index contributed by atoms with van der Waals surface area (Å²) >= 11 is 0. The minimum Gasteiger partial charge on any atom is -0.379 e. The van der Waals surface area contributed by atoms with Crippen molar-refractivity contribution in [3.63, 3.8) is 0 Å². The van der Waals surface area contributed by atoms with E-state index in [1.807, 2.05) is 16.9 Å². The number of ether oxygens (including phenoxy) is 1. The van der Waals surface area contributed by atoms with Gasteiger partial charge in [-0.3, -0.25) is 14.4 Å². The molecule has 2 N–H and O–H groups in total. The highest BCUT2D eigenvalue weighted by Crippen LogP contribution is 2.27. The van der Waals surface area contributed by atoms with Crippen molar-refractivity contribution in [2.24, 2.45) is 0 Å². The fourth-order valence-electron chi connectivity index (χ4n) is 3.24. The van der Waals surface area contributed by atoms with E-state index in [1.54, 1.807) is 6.20 Å². The van der Waals surface area contributed by atoms with E-state index in [0.717, 1.165) is 58.8 Å². The lowest BCUT2D eigenvalue weighted by molar-refractivity contribution is -0.132. The fourth-order valence-corrected chi connectivity index (χ4v) is 3.24.